The molecule has 1 heterocycles. The summed E-state index contributed by atoms with van der Waals surface area (Å²) in [4.78, 5) is 11.6. The molecular formula is C11H18N2O. The van der Waals surface area contributed by atoms with Crippen molar-refractivity contribution in [3.63, 3.8) is 0 Å². The molecule has 0 aromatic heterocycles. The zero-order chi connectivity index (χ0) is 10.2. The van der Waals surface area contributed by atoms with Crippen molar-refractivity contribution in [3.8, 4) is 11.8 Å². The molecule has 0 aromatic rings. The minimum absolute atomic E-state index is 0.165. The van der Waals surface area contributed by atoms with Crippen molar-refractivity contribution in [2.45, 2.75) is 26.2 Å². The van der Waals surface area contributed by atoms with Crippen LogP contribution in [0.2, 0.25) is 0 Å². The molecule has 3 nitrogen and oxygen atoms in total. The number of carbonyl (C=O) groups excluding carboxylic acids is 1. The van der Waals surface area contributed by atoms with Gasteiger partial charge >= 0.3 is 0 Å². The highest BCUT2D eigenvalue weighted by Gasteiger charge is 2.19. The lowest BCUT2D eigenvalue weighted by Gasteiger charge is -2.21. The van der Waals surface area contributed by atoms with Crippen molar-refractivity contribution in [2.24, 2.45) is 5.92 Å². The number of rotatable bonds is 3. The average Bonchev–Trinajstić information content (AvgIpc) is 2.25. The Morgan fingerprint density at radius 1 is 1.64 bits per heavy atom. The first-order valence-corrected chi connectivity index (χ1v) is 5.22. The molecule has 2 N–H and O–H groups in total. The second kappa shape index (κ2) is 6.44. The average molecular weight is 194 g/mol. The number of hydrogen-bond acceptors (Lipinski definition) is 2. The Balaban J connectivity index is 2.15. The largest absolute Gasteiger partial charge is 0.355 e. The van der Waals surface area contributed by atoms with Gasteiger partial charge in [-0.1, -0.05) is 0 Å². The van der Waals surface area contributed by atoms with Crippen molar-refractivity contribution in [1.82, 2.24) is 10.6 Å². The summed E-state index contributed by atoms with van der Waals surface area (Å²) in [6.07, 6.45) is 2.87. The molecule has 1 aliphatic heterocycles. The first kappa shape index (κ1) is 11.1. The Labute approximate surface area is 85.6 Å². The summed E-state index contributed by atoms with van der Waals surface area (Å²) in [7, 11) is 0. The predicted octanol–water partition coefficient (Wildman–Crippen LogP) is 0.516. The van der Waals surface area contributed by atoms with Crippen molar-refractivity contribution in [2.75, 3.05) is 19.6 Å². The summed E-state index contributed by atoms with van der Waals surface area (Å²) < 4.78 is 0. The number of nitrogens with one attached hydrogen (secondary N) is 2. The molecule has 0 aromatic carbocycles. The second-order valence-electron chi connectivity index (χ2n) is 3.51. The Morgan fingerprint density at radius 2 is 2.50 bits per heavy atom. The molecule has 0 spiro atoms. The van der Waals surface area contributed by atoms with Gasteiger partial charge in [-0.15, -0.1) is 11.8 Å². The summed E-state index contributed by atoms with van der Waals surface area (Å²) >= 11 is 0. The molecule has 1 atom stereocenters. The van der Waals surface area contributed by atoms with E-state index in [1.807, 2.05) is 6.92 Å². The van der Waals surface area contributed by atoms with Gasteiger partial charge in [0.15, 0.2) is 0 Å². The molecule has 0 saturated carbocycles. The van der Waals surface area contributed by atoms with E-state index in [9.17, 15) is 4.79 Å². The van der Waals surface area contributed by atoms with Gasteiger partial charge in [0.25, 0.3) is 0 Å². The fourth-order valence-corrected chi connectivity index (χ4v) is 1.59. The minimum Gasteiger partial charge on any atom is -0.355 e. The summed E-state index contributed by atoms with van der Waals surface area (Å²) in [5.74, 6) is 6.07. The maximum absolute atomic E-state index is 11.6. The third kappa shape index (κ3) is 3.80. The quantitative estimate of drug-likeness (QED) is 0.508. The number of piperidine rings is 1. The molecule has 0 aliphatic carbocycles. The van der Waals surface area contributed by atoms with Gasteiger partial charge < -0.3 is 10.6 Å². The molecule has 0 unspecified atom stereocenters. The minimum atomic E-state index is 0.165. The van der Waals surface area contributed by atoms with E-state index in [-0.39, 0.29) is 11.8 Å². The second-order valence-corrected chi connectivity index (χ2v) is 3.51. The Kier molecular flexibility index (Phi) is 5.09. The highest BCUT2D eigenvalue weighted by Crippen LogP contribution is 2.09. The molecule has 1 saturated heterocycles. The van der Waals surface area contributed by atoms with Gasteiger partial charge in [-0.2, -0.15) is 0 Å². The lowest BCUT2D eigenvalue weighted by atomic mass is 9.99. The van der Waals surface area contributed by atoms with Crippen LogP contribution < -0.4 is 10.6 Å². The molecule has 1 aliphatic rings. The van der Waals surface area contributed by atoms with Gasteiger partial charge in [-0.25, -0.2) is 0 Å². The Hall–Kier alpha value is -1.01. The standard InChI is InChI=1S/C11H18N2O/c1-2-3-4-8-13-11(14)10-6-5-7-12-9-10/h10,12H,4-9H2,1H3,(H,13,14)/t10-/m1/s1. The molecular weight excluding hydrogens is 176 g/mol. The molecule has 0 bridgehead atoms. The smallest absolute Gasteiger partial charge is 0.224 e. The van der Waals surface area contributed by atoms with Gasteiger partial charge in [0, 0.05) is 19.5 Å². The van der Waals surface area contributed by atoms with E-state index in [2.05, 4.69) is 22.5 Å². The van der Waals surface area contributed by atoms with Crippen LogP contribution in [0, 0.1) is 17.8 Å². The molecule has 1 fully saturated rings. The van der Waals surface area contributed by atoms with Gasteiger partial charge in [0.2, 0.25) is 5.91 Å². The van der Waals surface area contributed by atoms with E-state index >= 15 is 0 Å². The molecule has 78 valence electrons. The molecule has 14 heavy (non-hydrogen) atoms. The van der Waals surface area contributed by atoms with Gasteiger partial charge in [0.1, 0.15) is 0 Å². The zero-order valence-electron chi connectivity index (χ0n) is 8.73. The summed E-state index contributed by atoms with van der Waals surface area (Å²) in [5, 5.41) is 6.13. The van der Waals surface area contributed by atoms with Crippen LogP contribution in [0.3, 0.4) is 0 Å². The fraction of sp³-hybridized carbons (Fsp3) is 0.727. The van der Waals surface area contributed by atoms with E-state index in [0.717, 1.165) is 32.4 Å². The van der Waals surface area contributed by atoms with Crippen LogP contribution in [0.4, 0.5) is 0 Å². The molecule has 0 radical (unpaired) electrons. The first-order chi connectivity index (χ1) is 6.84. The van der Waals surface area contributed by atoms with Crippen LogP contribution >= 0.6 is 0 Å². The van der Waals surface area contributed by atoms with Crippen LogP contribution in [0.15, 0.2) is 0 Å². The number of hydrogen-bond donors (Lipinski definition) is 2. The van der Waals surface area contributed by atoms with Crippen molar-refractivity contribution in [3.05, 3.63) is 0 Å². The Bertz CT molecular complexity index is 233. The Morgan fingerprint density at radius 3 is 3.14 bits per heavy atom. The van der Waals surface area contributed by atoms with Gasteiger partial charge in [-0.05, 0) is 26.3 Å². The lowest BCUT2D eigenvalue weighted by Crippen LogP contribution is -2.40. The summed E-state index contributed by atoms with van der Waals surface area (Å²) in [6.45, 7) is 4.36. The SMILES string of the molecule is CC#CCCNC(=O)[C@@H]1CCCNC1. The maximum atomic E-state index is 11.6. The predicted molar refractivity (Wildman–Crippen MR) is 56.7 cm³/mol. The lowest BCUT2D eigenvalue weighted by molar-refractivity contribution is -0.125. The molecule has 3 heteroatoms. The normalized spacial score (nSPS) is 20.8. The van der Waals surface area contributed by atoms with E-state index in [1.54, 1.807) is 0 Å². The molecule has 1 rings (SSSR count). The van der Waals surface area contributed by atoms with Gasteiger partial charge in [-0.3, -0.25) is 4.79 Å². The maximum Gasteiger partial charge on any atom is 0.224 e. The zero-order valence-corrected chi connectivity index (χ0v) is 8.73. The summed E-state index contributed by atoms with van der Waals surface area (Å²) in [5.41, 5.74) is 0. The summed E-state index contributed by atoms with van der Waals surface area (Å²) in [6, 6.07) is 0. The number of carbonyl (C=O) groups is 1. The van der Waals surface area contributed by atoms with Crippen LogP contribution in [0.25, 0.3) is 0 Å². The van der Waals surface area contributed by atoms with E-state index in [4.69, 9.17) is 0 Å². The van der Waals surface area contributed by atoms with E-state index in [0.29, 0.717) is 6.54 Å². The van der Waals surface area contributed by atoms with Gasteiger partial charge in [0.05, 0.1) is 5.92 Å². The van der Waals surface area contributed by atoms with Crippen molar-refractivity contribution in [1.29, 1.82) is 0 Å². The highest BCUT2D eigenvalue weighted by atomic mass is 16.1. The van der Waals surface area contributed by atoms with Crippen molar-refractivity contribution < 1.29 is 4.79 Å². The third-order valence-corrected chi connectivity index (χ3v) is 2.39. The topological polar surface area (TPSA) is 41.1 Å². The van der Waals surface area contributed by atoms with Crippen LogP contribution in [0.1, 0.15) is 26.2 Å². The number of amides is 1. The highest BCUT2D eigenvalue weighted by molar-refractivity contribution is 5.78. The first-order valence-electron chi connectivity index (χ1n) is 5.22. The molecule has 1 amide bonds. The van der Waals surface area contributed by atoms with E-state index in [1.165, 1.54) is 0 Å². The van der Waals surface area contributed by atoms with E-state index < -0.39 is 0 Å². The fourth-order valence-electron chi connectivity index (χ4n) is 1.59. The monoisotopic (exact) mass is 194 g/mol. The van der Waals surface area contributed by atoms with Crippen molar-refractivity contribution >= 4 is 5.91 Å². The third-order valence-electron chi connectivity index (χ3n) is 2.39. The van der Waals surface area contributed by atoms with Crippen LogP contribution in [-0.4, -0.2) is 25.5 Å². The van der Waals surface area contributed by atoms with Crippen LogP contribution in [-0.2, 0) is 4.79 Å². The van der Waals surface area contributed by atoms with Crippen LogP contribution in [0.5, 0.6) is 0 Å².